The highest BCUT2D eigenvalue weighted by Gasteiger charge is 2.33. The Morgan fingerprint density at radius 2 is 2.13 bits per heavy atom. The first-order valence-corrected chi connectivity index (χ1v) is 8.93. The van der Waals surface area contributed by atoms with E-state index in [4.69, 9.17) is 4.74 Å². The molecule has 0 spiro atoms. The number of nitrogens with zero attached hydrogens (tertiary/aromatic N) is 2. The minimum atomic E-state index is 0.247. The van der Waals surface area contributed by atoms with E-state index in [2.05, 4.69) is 67.6 Å². The highest BCUT2D eigenvalue weighted by molar-refractivity contribution is 9.10. The van der Waals surface area contributed by atoms with E-state index in [1.54, 1.807) is 0 Å². The fraction of sp³-hybridized carbons (Fsp3) is 0.588. The van der Waals surface area contributed by atoms with E-state index in [0.717, 1.165) is 49.7 Å². The topological polar surface area (TPSA) is 48.9 Å². The molecule has 0 bridgehead atoms. The third-order valence-corrected chi connectivity index (χ3v) is 5.06. The molecule has 1 aromatic carbocycles. The summed E-state index contributed by atoms with van der Waals surface area (Å²) in [5.41, 5.74) is 1.52. The molecule has 1 aromatic rings. The van der Waals surface area contributed by atoms with Gasteiger partial charge in [0.2, 0.25) is 0 Å². The number of nitrogens with one attached hydrogen (secondary N) is 2. The van der Waals surface area contributed by atoms with Gasteiger partial charge < -0.3 is 20.3 Å². The molecule has 0 radical (unpaired) electrons. The Hall–Kier alpha value is -1.27. The predicted molar refractivity (Wildman–Crippen MR) is 98.2 cm³/mol. The highest BCUT2D eigenvalue weighted by Crippen LogP contribution is 2.25. The molecule has 2 aliphatic heterocycles. The van der Waals surface area contributed by atoms with Crippen molar-refractivity contribution in [2.45, 2.75) is 19.4 Å². The first-order chi connectivity index (χ1) is 11.1. The normalized spacial score (nSPS) is 23.5. The first-order valence-electron chi connectivity index (χ1n) is 8.13. The molecule has 5 nitrogen and oxygen atoms in total. The number of hydrogen-bond acceptors (Lipinski definition) is 3. The minimum absolute atomic E-state index is 0.247. The molecule has 23 heavy (non-hydrogen) atoms. The number of anilines is 1. The molecule has 2 heterocycles. The highest BCUT2D eigenvalue weighted by atomic mass is 79.9. The van der Waals surface area contributed by atoms with Gasteiger partial charge in [-0.05, 0) is 30.7 Å². The molecule has 1 unspecified atom stereocenters. The zero-order valence-corrected chi connectivity index (χ0v) is 15.4. The number of halogens is 1. The molecule has 2 aliphatic rings. The molecule has 3 rings (SSSR count). The lowest BCUT2D eigenvalue weighted by Crippen LogP contribution is -2.52. The van der Waals surface area contributed by atoms with Gasteiger partial charge in [-0.2, -0.15) is 0 Å². The van der Waals surface area contributed by atoms with Gasteiger partial charge in [-0.25, -0.2) is 0 Å². The number of aliphatic imine (C=N–C) groups is 1. The van der Waals surface area contributed by atoms with E-state index in [9.17, 15) is 0 Å². The number of guanidine groups is 1. The first kappa shape index (κ1) is 16.6. The molecule has 0 aromatic heterocycles. The van der Waals surface area contributed by atoms with Crippen molar-refractivity contribution in [1.29, 1.82) is 0 Å². The Balaban J connectivity index is 1.49. The second-order valence-corrected chi connectivity index (χ2v) is 7.70. The maximum Gasteiger partial charge on any atom is 0.191 e. The monoisotopic (exact) mass is 380 g/mol. The van der Waals surface area contributed by atoms with Crippen molar-refractivity contribution >= 4 is 27.6 Å². The van der Waals surface area contributed by atoms with Crippen molar-refractivity contribution in [3.63, 3.8) is 0 Å². The zero-order chi connectivity index (χ0) is 16.3. The molecule has 2 saturated heterocycles. The van der Waals surface area contributed by atoms with Gasteiger partial charge in [0.05, 0.1) is 13.2 Å². The van der Waals surface area contributed by atoms with Crippen LogP contribution in [0, 0.1) is 5.41 Å². The standard InChI is InChI=1S/C17H25BrN4O/c1-17(11-23-12-17)10-20-16(19-2)21-14-7-8-22(9-14)15-5-3-13(18)4-6-15/h3-6,14H,7-12H2,1-2H3,(H2,19,20,21). The van der Waals surface area contributed by atoms with E-state index in [1.807, 2.05) is 7.05 Å². The summed E-state index contributed by atoms with van der Waals surface area (Å²) >= 11 is 3.49. The minimum Gasteiger partial charge on any atom is -0.380 e. The fourth-order valence-electron chi connectivity index (χ4n) is 3.00. The van der Waals surface area contributed by atoms with Crippen LogP contribution in [0.1, 0.15) is 13.3 Å². The average Bonchev–Trinajstić information content (AvgIpc) is 2.98. The number of benzene rings is 1. The van der Waals surface area contributed by atoms with Gasteiger partial charge in [-0.3, -0.25) is 4.99 Å². The van der Waals surface area contributed by atoms with Gasteiger partial charge in [0, 0.05) is 48.3 Å². The van der Waals surface area contributed by atoms with E-state index in [-0.39, 0.29) is 5.41 Å². The van der Waals surface area contributed by atoms with Crippen LogP contribution in [-0.2, 0) is 4.74 Å². The third-order valence-electron chi connectivity index (χ3n) is 4.53. The Morgan fingerprint density at radius 1 is 1.39 bits per heavy atom. The van der Waals surface area contributed by atoms with Crippen LogP contribution < -0.4 is 15.5 Å². The Bertz CT molecular complexity index is 556. The smallest absolute Gasteiger partial charge is 0.191 e. The molecule has 6 heteroatoms. The van der Waals surface area contributed by atoms with Crippen LogP contribution >= 0.6 is 15.9 Å². The fourth-order valence-corrected chi connectivity index (χ4v) is 3.27. The second-order valence-electron chi connectivity index (χ2n) is 6.78. The van der Waals surface area contributed by atoms with Gasteiger partial charge in [-0.1, -0.05) is 22.9 Å². The summed E-state index contributed by atoms with van der Waals surface area (Å²) in [5, 5.41) is 6.98. The SMILES string of the molecule is CN=C(NCC1(C)COC1)NC1CCN(c2ccc(Br)cc2)C1. The van der Waals surface area contributed by atoms with E-state index in [1.165, 1.54) is 5.69 Å². The maximum absolute atomic E-state index is 5.30. The molecule has 1 atom stereocenters. The molecule has 2 fully saturated rings. The van der Waals surface area contributed by atoms with Gasteiger partial charge in [0.1, 0.15) is 0 Å². The van der Waals surface area contributed by atoms with Crippen LogP contribution in [0.2, 0.25) is 0 Å². The van der Waals surface area contributed by atoms with Crippen LogP contribution in [0.15, 0.2) is 33.7 Å². The lowest BCUT2D eigenvalue weighted by Gasteiger charge is -2.38. The van der Waals surface area contributed by atoms with Crippen LogP contribution in [0.4, 0.5) is 5.69 Å². The summed E-state index contributed by atoms with van der Waals surface area (Å²) in [6, 6.07) is 8.94. The summed E-state index contributed by atoms with van der Waals surface area (Å²) in [5.74, 6) is 0.890. The lowest BCUT2D eigenvalue weighted by molar-refractivity contribution is -0.0971. The molecule has 0 amide bonds. The summed E-state index contributed by atoms with van der Waals surface area (Å²) in [7, 11) is 1.83. The molecular formula is C17H25BrN4O. The van der Waals surface area contributed by atoms with E-state index < -0.39 is 0 Å². The van der Waals surface area contributed by atoms with Crippen molar-refractivity contribution in [2.24, 2.45) is 10.4 Å². The molecule has 0 aliphatic carbocycles. The lowest BCUT2D eigenvalue weighted by atomic mass is 9.89. The van der Waals surface area contributed by atoms with Crippen molar-refractivity contribution in [3.8, 4) is 0 Å². The third kappa shape index (κ3) is 4.18. The van der Waals surface area contributed by atoms with Crippen LogP contribution in [0.25, 0.3) is 0 Å². The Morgan fingerprint density at radius 3 is 2.74 bits per heavy atom. The average molecular weight is 381 g/mol. The van der Waals surface area contributed by atoms with Gasteiger partial charge >= 0.3 is 0 Å². The van der Waals surface area contributed by atoms with Gasteiger partial charge in [-0.15, -0.1) is 0 Å². The Labute approximate surface area is 146 Å². The number of ether oxygens (including phenoxy) is 1. The maximum atomic E-state index is 5.30. The van der Waals surface area contributed by atoms with Crippen molar-refractivity contribution in [1.82, 2.24) is 10.6 Å². The van der Waals surface area contributed by atoms with E-state index in [0.29, 0.717) is 6.04 Å². The Kier molecular flexibility index (Phi) is 5.11. The van der Waals surface area contributed by atoms with Crippen LogP contribution in [-0.4, -0.2) is 51.9 Å². The quantitative estimate of drug-likeness (QED) is 0.621. The van der Waals surface area contributed by atoms with Crippen molar-refractivity contribution in [2.75, 3.05) is 44.8 Å². The molecular weight excluding hydrogens is 356 g/mol. The van der Waals surface area contributed by atoms with Crippen LogP contribution in [0.3, 0.4) is 0 Å². The van der Waals surface area contributed by atoms with Crippen LogP contribution in [0.5, 0.6) is 0 Å². The van der Waals surface area contributed by atoms with Gasteiger partial charge in [0.15, 0.2) is 5.96 Å². The molecule has 2 N–H and O–H groups in total. The van der Waals surface area contributed by atoms with Crippen molar-refractivity contribution in [3.05, 3.63) is 28.7 Å². The summed E-state index contributed by atoms with van der Waals surface area (Å²) in [4.78, 5) is 6.77. The summed E-state index contributed by atoms with van der Waals surface area (Å²) in [6.45, 7) is 6.87. The predicted octanol–water partition coefficient (Wildman–Crippen LogP) is 2.23. The molecule has 0 saturated carbocycles. The second kappa shape index (κ2) is 7.09. The van der Waals surface area contributed by atoms with Crippen molar-refractivity contribution < 1.29 is 4.74 Å². The number of rotatable bonds is 4. The largest absolute Gasteiger partial charge is 0.380 e. The number of hydrogen-bond donors (Lipinski definition) is 2. The van der Waals surface area contributed by atoms with E-state index >= 15 is 0 Å². The summed E-state index contributed by atoms with van der Waals surface area (Å²) < 4.78 is 6.42. The summed E-state index contributed by atoms with van der Waals surface area (Å²) in [6.07, 6.45) is 1.12. The zero-order valence-electron chi connectivity index (χ0n) is 13.8. The van der Waals surface area contributed by atoms with Gasteiger partial charge in [0.25, 0.3) is 0 Å². The molecule has 126 valence electrons.